The van der Waals surface area contributed by atoms with E-state index in [1.165, 1.54) is 22.3 Å². The van der Waals surface area contributed by atoms with Crippen molar-refractivity contribution in [1.29, 1.82) is 0 Å². The minimum absolute atomic E-state index is 0.590. The summed E-state index contributed by atoms with van der Waals surface area (Å²) in [5, 5.41) is 3.27. The molecule has 0 amide bonds. The fourth-order valence-electron chi connectivity index (χ4n) is 3.74. The number of fused-ring (bicyclic) bond motifs is 1. The molecule has 1 N–H and O–H groups in total. The Kier molecular flexibility index (Phi) is 5.86. The van der Waals surface area contributed by atoms with Gasteiger partial charge in [0.1, 0.15) is 11.5 Å². The maximum Gasteiger partial charge on any atom is 0.227 e. The van der Waals surface area contributed by atoms with Crippen molar-refractivity contribution in [2.24, 2.45) is 0 Å². The van der Waals surface area contributed by atoms with Gasteiger partial charge in [0.05, 0.1) is 19.9 Å². The molecule has 0 saturated heterocycles. The number of ether oxygens (including phenoxy) is 2. The number of methoxy groups -OCH3 is 2. The molecule has 6 nitrogen and oxygen atoms in total. The number of aromatic nitrogens is 2. The van der Waals surface area contributed by atoms with E-state index < -0.39 is 0 Å². The summed E-state index contributed by atoms with van der Waals surface area (Å²) < 4.78 is 10.7. The lowest BCUT2D eigenvalue weighted by Crippen LogP contribution is -2.31. The fourth-order valence-corrected chi connectivity index (χ4v) is 3.74. The number of anilines is 2. The molecule has 156 valence electrons. The molecule has 1 aromatic heterocycles. The number of nitrogens with zero attached hydrogens (tertiary/aromatic N) is 3. The molecule has 4 rings (SSSR count). The Balaban J connectivity index is 1.46. The zero-order chi connectivity index (χ0) is 21.1. The molecule has 0 saturated carbocycles. The molecule has 0 spiro atoms. The molecule has 2 heterocycles. The first-order valence-electron chi connectivity index (χ1n) is 10.2. The van der Waals surface area contributed by atoms with E-state index in [-0.39, 0.29) is 0 Å². The Morgan fingerprint density at radius 2 is 1.77 bits per heavy atom. The minimum atomic E-state index is 0.590. The lowest BCUT2D eigenvalue weighted by Gasteiger charge is -2.28. The average molecular weight is 405 g/mol. The van der Waals surface area contributed by atoms with E-state index in [0.29, 0.717) is 5.95 Å². The molecular formula is C24H28N4O2. The van der Waals surface area contributed by atoms with Gasteiger partial charge in [-0.25, -0.2) is 9.97 Å². The van der Waals surface area contributed by atoms with Crippen molar-refractivity contribution in [3.8, 4) is 11.5 Å². The van der Waals surface area contributed by atoms with E-state index >= 15 is 0 Å². The Hall–Kier alpha value is -3.12. The van der Waals surface area contributed by atoms with Crippen LogP contribution in [-0.2, 0) is 19.5 Å². The van der Waals surface area contributed by atoms with Gasteiger partial charge in [-0.1, -0.05) is 18.2 Å². The molecule has 30 heavy (non-hydrogen) atoms. The third-order valence-electron chi connectivity index (χ3n) is 5.60. The summed E-state index contributed by atoms with van der Waals surface area (Å²) in [6.07, 6.45) is 2.85. The van der Waals surface area contributed by atoms with Gasteiger partial charge in [-0.05, 0) is 30.5 Å². The number of hydrogen-bond acceptors (Lipinski definition) is 6. The second-order valence-electron chi connectivity index (χ2n) is 7.77. The monoisotopic (exact) mass is 404 g/mol. The van der Waals surface area contributed by atoms with Crippen LogP contribution in [0.5, 0.6) is 11.5 Å². The van der Waals surface area contributed by atoms with Crippen molar-refractivity contribution < 1.29 is 9.47 Å². The summed E-state index contributed by atoms with van der Waals surface area (Å²) in [6.45, 7) is 7.13. The molecule has 3 aromatic rings. The van der Waals surface area contributed by atoms with Crippen LogP contribution < -0.4 is 14.8 Å². The molecule has 1 aliphatic heterocycles. The van der Waals surface area contributed by atoms with E-state index in [0.717, 1.165) is 48.9 Å². The van der Waals surface area contributed by atoms with Crippen LogP contribution in [0.3, 0.4) is 0 Å². The van der Waals surface area contributed by atoms with Crippen LogP contribution in [-0.4, -0.2) is 35.6 Å². The topological polar surface area (TPSA) is 59.5 Å². The summed E-state index contributed by atoms with van der Waals surface area (Å²) in [5.41, 5.74) is 7.17. The summed E-state index contributed by atoms with van der Waals surface area (Å²) in [7, 11) is 3.27. The predicted molar refractivity (Wildman–Crippen MR) is 119 cm³/mol. The van der Waals surface area contributed by atoms with Gasteiger partial charge in [0.15, 0.2) is 0 Å². The number of hydrogen-bond donors (Lipinski definition) is 1. The number of rotatable bonds is 6. The van der Waals surface area contributed by atoms with Gasteiger partial charge in [-0.15, -0.1) is 0 Å². The molecule has 0 aliphatic carbocycles. The predicted octanol–water partition coefficient (Wildman–Crippen LogP) is 4.41. The average Bonchev–Trinajstić information content (AvgIpc) is 2.76. The quantitative estimate of drug-likeness (QED) is 0.657. The summed E-state index contributed by atoms with van der Waals surface area (Å²) in [4.78, 5) is 11.7. The van der Waals surface area contributed by atoms with Crippen molar-refractivity contribution in [1.82, 2.24) is 14.9 Å². The van der Waals surface area contributed by atoms with Crippen molar-refractivity contribution >= 4 is 11.6 Å². The van der Waals surface area contributed by atoms with E-state index in [9.17, 15) is 0 Å². The van der Waals surface area contributed by atoms with Gasteiger partial charge in [0.25, 0.3) is 0 Å². The SMILES string of the molecule is COc1cc(Nc2ncc3c(n2)CCN(Cc2ccc(C)c(C)c2)C3)cc(OC)c1. The Labute approximate surface area is 177 Å². The summed E-state index contributed by atoms with van der Waals surface area (Å²) in [6, 6.07) is 12.4. The van der Waals surface area contributed by atoms with Crippen LogP contribution in [0.2, 0.25) is 0 Å². The highest BCUT2D eigenvalue weighted by atomic mass is 16.5. The van der Waals surface area contributed by atoms with Crippen LogP contribution in [0.25, 0.3) is 0 Å². The van der Waals surface area contributed by atoms with Crippen molar-refractivity contribution in [3.63, 3.8) is 0 Å². The van der Waals surface area contributed by atoms with Gasteiger partial charge >= 0.3 is 0 Å². The van der Waals surface area contributed by atoms with Crippen LogP contribution in [0.4, 0.5) is 11.6 Å². The molecular weight excluding hydrogens is 376 g/mol. The molecule has 0 atom stereocenters. The lowest BCUT2D eigenvalue weighted by molar-refractivity contribution is 0.243. The fraction of sp³-hybridized carbons (Fsp3) is 0.333. The maximum absolute atomic E-state index is 5.33. The largest absolute Gasteiger partial charge is 0.497 e. The molecule has 6 heteroatoms. The second-order valence-corrected chi connectivity index (χ2v) is 7.77. The summed E-state index contributed by atoms with van der Waals surface area (Å²) >= 11 is 0. The van der Waals surface area contributed by atoms with E-state index in [1.807, 2.05) is 24.4 Å². The molecule has 0 fully saturated rings. The van der Waals surface area contributed by atoms with E-state index in [1.54, 1.807) is 14.2 Å². The molecule has 2 aromatic carbocycles. The first-order chi connectivity index (χ1) is 14.5. The van der Waals surface area contributed by atoms with Crippen LogP contribution in [0.1, 0.15) is 27.9 Å². The van der Waals surface area contributed by atoms with Gasteiger partial charge in [0.2, 0.25) is 5.95 Å². The van der Waals surface area contributed by atoms with Crippen LogP contribution in [0, 0.1) is 13.8 Å². The highest BCUT2D eigenvalue weighted by molar-refractivity contribution is 5.59. The number of aryl methyl sites for hydroxylation is 2. The minimum Gasteiger partial charge on any atom is -0.497 e. The van der Waals surface area contributed by atoms with Crippen molar-refractivity contribution in [2.45, 2.75) is 33.4 Å². The Morgan fingerprint density at radius 1 is 1.00 bits per heavy atom. The number of nitrogens with one attached hydrogen (secondary N) is 1. The van der Waals surface area contributed by atoms with Crippen LogP contribution >= 0.6 is 0 Å². The normalized spacial score (nSPS) is 13.6. The Bertz CT molecular complexity index is 1030. The first-order valence-corrected chi connectivity index (χ1v) is 10.2. The summed E-state index contributed by atoms with van der Waals surface area (Å²) in [5.74, 6) is 2.03. The molecule has 0 unspecified atom stereocenters. The van der Waals surface area contributed by atoms with E-state index in [4.69, 9.17) is 14.5 Å². The zero-order valence-electron chi connectivity index (χ0n) is 18.0. The molecule has 1 aliphatic rings. The van der Waals surface area contributed by atoms with Crippen molar-refractivity contribution in [3.05, 3.63) is 70.5 Å². The first kappa shape index (κ1) is 20.2. The second kappa shape index (κ2) is 8.71. The van der Waals surface area contributed by atoms with Crippen molar-refractivity contribution in [2.75, 3.05) is 26.1 Å². The molecule has 0 bridgehead atoms. The van der Waals surface area contributed by atoms with Gasteiger partial charge in [-0.3, -0.25) is 4.90 Å². The third-order valence-corrected chi connectivity index (χ3v) is 5.60. The highest BCUT2D eigenvalue weighted by Crippen LogP contribution is 2.28. The van der Waals surface area contributed by atoms with Gasteiger partial charge < -0.3 is 14.8 Å². The Morgan fingerprint density at radius 3 is 2.47 bits per heavy atom. The molecule has 0 radical (unpaired) electrons. The number of benzene rings is 2. The lowest BCUT2D eigenvalue weighted by atomic mass is 10.0. The highest BCUT2D eigenvalue weighted by Gasteiger charge is 2.19. The standard InChI is InChI=1S/C24H28N4O2/c1-16-5-6-18(9-17(16)2)14-28-8-7-23-19(15-28)13-25-24(27-23)26-20-10-21(29-3)12-22(11-20)30-4/h5-6,9-13H,7-8,14-15H2,1-4H3,(H,25,26,27). The smallest absolute Gasteiger partial charge is 0.227 e. The van der Waals surface area contributed by atoms with Gasteiger partial charge in [-0.2, -0.15) is 0 Å². The third kappa shape index (κ3) is 4.54. The van der Waals surface area contributed by atoms with E-state index in [2.05, 4.69) is 47.2 Å². The van der Waals surface area contributed by atoms with Gasteiger partial charge in [0, 0.05) is 61.7 Å². The zero-order valence-corrected chi connectivity index (χ0v) is 18.0. The van der Waals surface area contributed by atoms with Crippen LogP contribution in [0.15, 0.2) is 42.6 Å². The maximum atomic E-state index is 5.33.